The molecule has 0 aromatic heterocycles. The van der Waals surface area contributed by atoms with Gasteiger partial charge in [0, 0.05) is 11.4 Å². The second kappa shape index (κ2) is 6.46. The number of hydrogen-bond donors (Lipinski definition) is 1. The minimum Gasteiger partial charge on any atom is -0.497 e. The van der Waals surface area contributed by atoms with E-state index in [4.69, 9.17) is 4.74 Å². The quantitative estimate of drug-likeness (QED) is 0.887. The van der Waals surface area contributed by atoms with E-state index < -0.39 is 0 Å². The molecule has 0 spiro atoms. The minimum absolute atomic E-state index is 0.0299. The Morgan fingerprint density at radius 1 is 1.13 bits per heavy atom. The van der Waals surface area contributed by atoms with Crippen LogP contribution in [0.4, 0.5) is 0 Å². The van der Waals surface area contributed by atoms with Gasteiger partial charge in [0.25, 0.3) is 0 Å². The number of rotatable bonds is 3. The van der Waals surface area contributed by atoms with E-state index in [1.807, 2.05) is 48.5 Å². The van der Waals surface area contributed by atoms with E-state index in [0.717, 1.165) is 27.0 Å². The molecule has 1 heterocycles. The second-order valence-corrected chi connectivity index (χ2v) is 6.22. The van der Waals surface area contributed by atoms with Gasteiger partial charge in [0.2, 0.25) is 5.91 Å². The fourth-order valence-electron chi connectivity index (χ4n) is 2.58. The summed E-state index contributed by atoms with van der Waals surface area (Å²) in [7, 11) is 1.64. The first-order valence-corrected chi connectivity index (χ1v) is 8.06. The molecule has 1 unspecified atom stereocenters. The zero-order chi connectivity index (χ0) is 16.4. The Bertz CT molecular complexity index is 739. The Kier molecular flexibility index (Phi) is 4.39. The molecule has 1 aliphatic heterocycles. The number of carbonyl (C=O) groups is 1. The number of amides is 1. The summed E-state index contributed by atoms with van der Waals surface area (Å²) in [6.45, 7) is 1.56. The fraction of sp³-hybridized carbons (Fsp3) is 0.167. The van der Waals surface area contributed by atoms with Gasteiger partial charge >= 0.3 is 0 Å². The molecule has 0 fully saturated rings. The third-order valence-corrected chi connectivity index (χ3v) is 4.32. The summed E-state index contributed by atoms with van der Waals surface area (Å²) in [6, 6.07) is 15.6. The van der Waals surface area contributed by atoms with E-state index in [1.165, 1.54) is 0 Å². The maximum atomic E-state index is 12.0. The van der Waals surface area contributed by atoms with Crippen molar-refractivity contribution in [2.24, 2.45) is 0 Å². The van der Waals surface area contributed by atoms with Gasteiger partial charge in [0.1, 0.15) is 5.75 Å². The van der Waals surface area contributed by atoms with Gasteiger partial charge in [-0.25, -0.2) is 5.01 Å². The van der Waals surface area contributed by atoms with Crippen molar-refractivity contribution in [2.45, 2.75) is 13.0 Å². The molecule has 2 aromatic carbocycles. The highest BCUT2D eigenvalue weighted by molar-refractivity contribution is 9.10. The van der Waals surface area contributed by atoms with Gasteiger partial charge in [0.05, 0.1) is 18.8 Å². The second-order valence-electron chi connectivity index (χ2n) is 5.31. The lowest BCUT2D eigenvalue weighted by atomic mass is 10.0. The number of ether oxygens (including phenoxy) is 1. The lowest BCUT2D eigenvalue weighted by Crippen LogP contribution is -2.37. The van der Waals surface area contributed by atoms with Gasteiger partial charge in [-0.1, -0.05) is 28.1 Å². The van der Waals surface area contributed by atoms with E-state index >= 15 is 0 Å². The molecule has 2 aromatic rings. The third kappa shape index (κ3) is 3.24. The number of hydrogen-bond acceptors (Lipinski definition) is 3. The van der Waals surface area contributed by atoms with Gasteiger partial charge in [-0.3, -0.25) is 10.2 Å². The number of nitrogens with one attached hydrogen (secondary N) is 1. The summed E-state index contributed by atoms with van der Waals surface area (Å²) in [5.74, 6) is 0.776. The zero-order valence-corrected chi connectivity index (χ0v) is 14.5. The van der Waals surface area contributed by atoms with Crippen molar-refractivity contribution in [1.29, 1.82) is 0 Å². The minimum atomic E-state index is -0.127. The lowest BCUT2D eigenvalue weighted by molar-refractivity contribution is -0.132. The van der Waals surface area contributed by atoms with Gasteiger partial charge in [-0.05, 0) is 53.6 Å². The zero-order valence-electron chi connectivity index (χ0n) is 12.9. The van der Waals surface area contributed by atoms with Crippen LogP contribution in [0.1, 0.15) is 24.1 Å². The van der Waals surface area contributed by atoms with Crippen molar-refractivity contribution < 1.29 is 9.53 Å². The Hall–Kier alpha value is -2.27. The average molecular weight is 373 g/mol. The largest absolute Gasteiger partial charge is 0.497 e. The molecule has 3 rings (SSSR count). The third-order valence-electron chi connectivity index (χ3n) is 3.80. The predicted molar refractivity (Wildman–Crippen MR) is 93.5 cm³/mol. The molecule has 1 atom stereocenters. The van der Waals surface area contributed by atoms with Gasteiger partial charge in [0.15, 0.2) is 0 Å². The molecular weight excluding hydrogens is 356 g/mol. The van der Waals surface area contributed by atoms with Crippen LogP contribution in [0.5, 0.6) is 5.75 Å². The molecule has 1 N–H and O–H groups in total. The Labute approximate surface area is 143 Å². The number of nitrogens with zero attached hydrogens (tertiary/aromatic N) is 1. The summed E-state index contributed by atoms with van der Waals surface area (Å²) in [5, 5.41) is 1.64. The van der Waals surface area contributed by atoms with Crippen LogP contribution in [-0.2, 0) is 4.79 Å². The van der Waals surface area contributed by atoms with Crippen LogP contribution in [0.25, 0.3) is 5.70 Å². The lowest BCUT2D eigenvalue weighted by Gasteiger charge is -2.24. The van der Waals surface area contributed by atoms with Crippen LogP contribution in [0.3, 0.4) is 0 Å². The number of benzene rings is 2. The Morgan fingerprint density at radius 3 is 2.35 bits per heavy atom. The van der Waals surface area contributed by atoms with E-state index in [1.54, 1.807) is 19.0 Å². The highest BCUT2D eigenvalue weighted by Gasteiger charge is 2.28. The molecule has 0 saturated carbocycles. The molecule has 118 valence electrons. The van der Waals surface area contributed by atoms with Crippen molar-refractivity contribution in [3.63, 3.8) is 0 Å². The van der Waals surface area contributed by atoms with Crippen LogP contribution >= 0.6 is 15.9 Å². The molecule has 0 bridgehead atoms. The number of halogens is 1. The van der Waals surface area contributed by atoms with Crippen LogP contribution in [0, 0.1) is 0 Å². The maximum Gasteiger partial charge on any atom is 0.238 e. The van der Waals surface area contributed by atoms with E-state index in [0.29, 0.717) is 0 Å². The molecule has 0 saturated heterocycles. The highest BCUT2D eigenvalue weighted by Crippen LogP contribution is 2.32. The summed E-state index contributed by atoms with van der Waals surface area (Å²) < 4.78 is 6.20. The average Bonchev–Trinajstić information content (AvgIpc) is 3.01. The summed E-state index contributed by atoms with van der Waals surface area (Å²) in [6.07, 6.45) is 2.06. The van der Waals surface area contributed by atoms with Crippen LogP contribution in [0.2, 0.25) is 0 Å². The molecule has 1 aliphatic rings. The number of methoxy groups -OCH3 is 1. The number of carbonyl (C=O) groups excluding carboxylic acids is 1. The maximum absolute atomic E-state index is 12.0. The molecule has 1 amide bonds. The first-order chi connectivity index (χ1) is 11.1. The van der Waals surface area contributed by atoms with Crippen molar-refractivity contribution in [1.82, 2.24) is 10.4 Å². The van der Waals surface area contributed by atoms with Crippen molar-refractivity contribution in [3.05, 3.63) is 70.2 Å². The van der Waals surface area contributed by atoms with E-state index in [9.17, 15) is 4.79 Å². The summed E-state index contributed by atoms with van der Waals surface area (Å²) in [5.41, 5.74) is 6.18. The van der Waals surface area contributed by atoms with Gasteiger partial charge in [-0.15, -0.1) is 0 Å². The monoisotopic (exact) mass is 372 g/mol. The molecule has 23 heavy (non-hydrogen) atoms. The SMILES string of the molecule is COc1ccc(C2=CC(c3ccc(Br)cc3)N(C(C)=O)N2)cc1. The summed E-state index contributed by atoms with van der Waals surface area (Å²) in [4.78, 5) is 12.0. The predicted octanol–water partition coefficient (Wildman–Crippen LogP) is 3.91. The van der Waals surface area contributed by atoms with E-state index in [2.05, 4.69) is 27.4 Å². The van der Waals surface area contributed by atoms with Crippen LogP contribution in [-0.4, -0.2) is 18.0 Å². The van der Waals surface area contributed by atoms with Crippen molar-refractivity contribution in [3.8, 4) is 5.75 Å². The fourth-order valence-corrected chi connectivity index (χ4v) is 2.84. The number of hydrazine groups is 1. The topological polar surface area (TPSA) is 41.6 Å². The standard InChI is InChI=1S/C18H17BrN2O2/c1-12(22)21-18(14-3-7-15(19)8-4-14)11-17(20-21)13-5-9-16(23-2)10-6-13/h3-11,18,20H,1-2H3. The van der Waals surface area contributed by atoms with Crippen LogP contribution in [0.15, 0.2) is 59.1 Å². The Morgan fingerprint density at radius 2 is 1.78 bits per heavy atom. The van der Waals surface area contributed by atoms with Crippen LogP contribution < -0.4 is 10.2 Å². The first kappa shape index (κ1) is 15.6. The molecule has 0 radical (unpaired) electrons. The van der Waals surface area contributed by atoms with Crippen molar-refractivity contribution in [2.75, 3.05) is 7.11 Å². The molecule has 0 aliphatic carbocycles. The van der Waals surface area contributed by atoms with E-state index in [-0.39, 0.29) is 11.9 Å². The van der Waals surface area contributed by atoms with Gasteiger partial charge in [-0.2, -0.15) is 0 Å². The van der Waals surface area contributed by atoms with Crippen molar-refractivity contribution >= 4 is 27.5 Å². The first-order valence-electron chi connectivity index (χ1n) is 7.26. The highest BCUT2D eigenvalue weighted by atomic mass is 79.9. The normalized spacial score (nSPS) is 16.7. The molecule has 4 nitrogen and oxygen atoms in total. The molecular formula is C18H17BrN2O2. The molecule has 5 heteroatoms. The smallest absolute Gasteiger partial charge is 0.238 e. The summed E-state index contributed by atoms with van der Waals surface area (Å²) >= 11 is 3.44. The van der Waals surface area contributed by atoms with Gasteiger partial charge < -0.3 is 4.74 Å². The Balaban J connectivity index is 1.94.